The van der Waals surface area contributed by atoms with Gasteiger partial charge >= 0.3 is 5.63 Å². The van der Waals surface area contributed by atoms with E-state index >= 15 is 0 Å². The van der Waals surface area contributed by atoms with E-state index in [4.69, 9.17) is 10.2 Å². The second-order valence-electron chi connectivity index (χ2n) is 4.37. The Bertz CT molecular complexity index is 704. The Hall–Kier alpha value is -1.75. The predicted molar refractivity (Wildman–Crippen MR) is 80.8 cm³/mol. The van der Waals surface area contributed by atoms with Crippen molar-refractivity contribution in [3.8, 4) is 0 Å². The van der Waals surface area contributed by atoms with E-state index in [1.54, 1.807) is 7.05 Å². The van der Waals surface area contributed by atoms with Crippen LogP contribution in [0.3, 0.4) is 0 Å². The minimum Gasteiger partial charge on any atom is -0.423 e. The standard InChI is InChI=1S/C14H16N2O2S/c1-8-4-11-10(7-19-14(15)16-3)6-13(17)18-12(11)5-9(8)2/h4-6H,7H2,1-3H3,(H2,15,16). The lowest BCUT2D eigenvalue weighted by atomic mass is 10.0. The predicted octanol–water partition coefficient (Wildman–Crippen LogP) is 2.59. The average Bonchev–Trinajstić information content (AvgIpc) is 2.37. The molecule has 0 amide bonds. The third-order valence-electron chi connectivity index (χ3n) is 3.04. The lowest BCUT2D eigenvalue weighted by molar-refractivity contribution is 0.559. The van der Waals surface area contributed by atoms with Crippen LogP contribution in [-0.4, -0.2) is 12.2 Å². The molecule has 19 heavy (non-hydrogen) atoms. The maximum Gasteiger partial charge on any atom is 0.336 e. The zero-order valence-corrected chi connectivity index (χ0v) is 12.0. The Balaban J connectivity index is 2.53. The molecule has 4 nitrogen and oxygen atoms in total. The average molecular weight is 276 g/mol. The van der Waals surface area contributed by atoms with Crippen LogP contribution in [-0.2, 0) is 5.75 Å². The third kappa shape index (κ3) is 2.98. The summed E-state index contributed by atoms with van der Waals surface area (Å²) in [6.07, 6.45) is 0. The molecule has 1 aromatic heterocycles. The van der Waals surface area contributed by atoms with Gasteiger partial charge in [-0.2, -0.15) is 0 Å². The van der Waals surface area contributed by atoms with Gasteiger partial charge < -0.3 is 10.2 Å². The summed E-state index contributed by atoms with van der Waals surface area (Å²) in [6.45, 7) is 4.04. The number of aryl methyl sites for hydroxylation is 2. The van der Waals surface area contributed by atoms with Gasteiger partial charge in [0.05, 0.1) is 0 Å². The second kappa shape index (κ2) is 5.48. The van der Waals surface area contributed by atoms with Crippen molar-refractivity contribution < 1.29 is 4.42 Å². The van der Waals surface area contributed by atoms with Crippen molar-refractivity contribution in [2.75, 3.05) is 7.05 Å². The number of hydrogen-bond donors (Lipinski definition) is 1. The molecule has 5 heteroatoms. The molecule has 0 saturated carbocycles. The summed E-state index contributed by atoms with van der Waals surface area (Å²) >= 11 is 1.41. The van der Waals surface area contributed by atoms with E-state index in [2.05, 4.69) is 4.99 Å². The summed E-state index contributed by atoms with van der Waals surface area (Å²) in [4.78, 5) is 15.5. The van der Waals surface area contributed by atoms with Crippen molar-refractivity contribution in [1.29, 1.82) is 0 Å². The molecular formula is C14H16N2O2S. The Labute approximate surface area is 115 Å². The number of nitrogens with zero attached hydrogens (tertiary/aromatic N) is 1. The van der Waals surface area contributed by atoms with Gasteiger partial charge in [-0.1, -0.05) is 11.8 Å². The molecular weight excluding hydrogens is 260 g/mol. The maximum atomic E-state index is 11.6. The molecule has 0 aliphatic carbocycles. The fourth-order valence-corrected chi connectivity index (χ4v) is 2.49. The van der Waals surface area contributed by atoms with Gasteiger partial charge in [0.1, 0.15) is 5.58 Å². The highest BCUT2D eigenvalue weighted by molar-refractivity contribution is 8.13. The van der Waals surface area contributed by atoms with Crippen LogP contribution in [0.1, 0.15) is 16.7 Å². The first-order valence-corrected chi connectivity index (χ1v) is 6.89. The quantitative estimate of drug-likeness (QED) is 0.520. The number of nitrogens with two attached hydrogens (primary N) is 1. The third-order valence-corrected chi connectivity index (χ3v) is 3.97. The normalized spacial score (nSPS) is 12.1. The second-order valence-corrected chi connectivity index (χ2v) is 5.37. The summed E-state index contributed by atoms with van der Waals surface area (Å²) in [5.74, 6) is 0.605. The number of fused-ring (bicyclic) bond motifs is 1. The van der Waals surface area contributed by atoms with Gasteiger partial charge in [-0.3, -0.25) is 4.99 Å². The van der Waals surface area contributed by atoms with Gasteiger partial charge in [0.2, 0.25) is 0 Å². The van der Waals surface area contributed by atoms with Crippen LogP contribution in [0, 0.1) is 13.8 Å². The van der Waals surface area contributed by atoms with E-state index < -0.39 is 0 Å². The molecule has 0 aliphatic rings. The minimum absolute atomic E-state index is 0.335. The van der Waals surface area contributed by atoms with Crippen LogP contribution in [0.2, 0.25) is 0 Å². The number of rotatable bonds is 2. The van der Waals surface area contributed by atoms with Crippen LogP contribution in [0.25, 0.3) is 11.0 Å². The van der Waals surface area contributed by atoms with Crippen molar-refractivity contribution in [2.24, 2.45) is 10.7 Å². The van der Waals surface area contributed by atoms with E-state index in [1.807, 2.05) is 26.0 Å². The van der Waals surface area contributed by atoms with E-state index in [9.17, 15) is 4.79 Å². The first-order valence-electron chi connectivity index (χ1n) is 5.90. The molecule has 0 saturated heterocycles. The van der Waals surface area contributed by atoms with Crippen molar-refractivity contribution in [3.63, 3.8) is 0 Å². The SMILES string of the molecule is CN=C(N)SCc1cc(=O)oc2cc(C)c(C)cc12. The number of thioether (sulfide) groups is 1. The first kappa shape index (κ1) is 13.7. The topological polar surface area (TPSA) is 68.6 Å². The minimum atomic E-state index is -0.335. The Morgan fingerprint density at radius 2 is 2.00 bits per heavy atom. The summed E-state index contributed by atoms with van der Waals surface area (Å²) in [5.41, 5.74) is 9.16. The zero-order valence-electron chi connectivity index (χ0n) is 11.2. The molecule has 0 unspecified atom stereocenters. The molecule has 1 heterocycles. The maximum absolute atomic E-state index is 11.6. The Morgan fingerprint density at radius 1 is 1.32 bits per heavy atom. The summed E-state index contributed by atoms with van der Waals surface area (Å²) in [5, 5.41) is 1.46. The summed E-state index contributed by atoms with van der Waals surface area (Å²) in [7, 11) is 1.65. The highest BCUT2D eigenvalue weighted by Crippen LogP contribution is 2.24. The zero-order chi connectivity index (χ0) is 14.0. The van der Waals surface area contributed by atoms with E-state index in [0.717, 1.165) is 16.5 Å². The molecule has 100 valence electrons. The van der Waals surface area contributed by atoms with Gasteiger partial charge in [-0.15, -0.1) is 0 Å². The summed E-state index contributed by atoms with van der Waals surface area (Å²) < 4.78 is 5.24. The van der Waals surface area contributed by atoms with Gasteiger partial charge in [0.25, 0.3) is 0 Å². The Morgan fingerprint density at radius 3 is 2.68 bits per heavy atom. The highest BCUT2D eigenvalue weighted by atomic mass is 32.2. The Kier molecular flexibility index (Phi) is 3.95. The number of amidine groups is 1. The van der Waals surface area contributed by atoms with Crippen LogP contribution >= 0.6 is 11.8 Å². The lowest BCUT2D eigenvalue weighted by Crippen LogP contribution is -2.07. The van der Waals surface area contributed by atoms with Crippen LogP contribution < -0.4 is 11.4 Å². The molecule has 2 aromatic rings. The van der Waals surface area contributed by atoms with Gasteiger partial charge in [0, 0.05) is 24.3 Å². The molecule has 2 N–H and O–H groups in total. The fraction of sp³-hybridized carbons (Fsp3) is 0.286. The fourth-order valence-electron chi connectivity index (χ4n) is 1.82. The molecule has 0 bridgehead atoms. The molecule has 2 rings (SSSR count). The lowest BCUT2D eigenvalue weighted by Gasteiger charge is -2.07. The molecule has 0 aliphatic heterocycles. The number of aliphatic imine (C=N–C) groups is 1. The smallest absolute Gasteiger partial charge is 0.336 e. The van der Waals surface area contributed by atoms with Crippen LogP contribution in [0.4, 0.5) is 0 Å². The number of benzene rings is 1. The van der Waals surface area contributed by atoms with Crippen molar-refractivity contribution >= 4 is 27.9 Å². The molecule has 0 fully saturated rings. The van der Waals surface area contributed by atoms with E-state index in [-0.39, 0.29) is 5.63 Å². The summed E-state index contributed by atoms with van der Waals surface area (Å²) in [6, 6.07) is 5.47. The van der Waals surface area contributed by atoms with Crippen molar-refractivity contribution in [2.45, 2.75) is 19.6 Å². The van der Waals surface area contributed by atoms with Crippen LogP contribution in [0.15, 0.2) is 32.4 Å². The van der Waals surface area contributed by atoms with Crippen molar-refractivity contribution in [1.82, 2.24) is 0 Å². The van der Waals surface area contributed by atoms with Crippen LogP contribution in [0.5, 0.6) is 0 Å². The van der Waals surface area contributed by atoms with Gasteiger partial charge in [-0.05, 0) is 42.7 Å². The largest absolute Gasteiger partial charge is 0.423 e. The molecule has 1 aromatic carbocycles. The van der Waals surface area contributed by atoms with E-state index in [1.165, 1.54) is 23.4 Å². The monoisotopic (exact) mass is 276 g/mol. The highest BCUT2D eigenvalue weighted by Gasteiger charge is 2.08. The van der Waals surface area contributed by atoms with Crippen molar-refractivity contribution in [3.05, 3.63) is 45.3 Å². The molecule has 0 spiro atoms. The van der Waals surface area contributed by atoms with E-state index in [0.29, 0.717) is 16.5 Å². The molecule has 0 radical (unpaired) electrons. The number of hydrogen-bond acceptors (Lipinski definition) is 4. The first-order chi connectivity index (χ1) is 9.01. The van der Waals surface area contributed by atoms with Gasteiger partial charge in [0.15, 0.2) is 5.17 Å². The molecule has 0 atom stereocenters. The van der Waals surface area contributed by atoms with Gasteiger partial charge in [-0.25, -0.2) is 4.79 Å².